The lowest BCUT2D eigenvalue weighted by molar-refractivity contribution is 0.288. The second-order valence-electron chi connectivity index (χ2n) is 6.99. The maximum absolute atomic E-state index is 4.65. The number of H-pyrrole nitrogens is 1. The zero-order valence-corrected chi connectivity index (χ0v) is 14.0. The van der Waals surface area contributed by atoms with Crippen LogP contribution >= 0.6 is 0 Å². The normalized spacial score (nSPS) is 21.2. The minimum absolute atomic E-state index is 0.630. The van der Waals surface area contributed by atoms with Crippen LogP contribution in [0.1, 0.15) is 37.1 Å². The SMILES string of the molecule is c1ccc(C[C@H]2CC[C@H](NCc3nc4ccccc4[nH]3)CC2)cc1. The van der Waals surface area contributed by atoms with Gasteiger partial charge >= 0.3 is 0 Å². The van der Waals surface area contributed by atoms with Crippen LogP contribution in [0.2, 0.25) is 0 Å². The van der Waals surface area contributed by atoms with E-state index in [1.165, 1.54) is 37.7 Å². The van der Waals surface area contributed by atoms with Crippen molar-refractivity contribution in [3.63, 3.8) is 0 Å². The first-order chi connectivity index (χ1) is 11.9. The van der Waals surface area contributed by atoms with Crippen LogP contribution in [0.4, 0.5) is 0 Å². The summed E-state index contributed by atoms with van der Waals surface area (Å²) in [5, 5.41) is 3.69. The first kappa shape index (κ1) is 15.4. The van der Waals surface area contributed by atoms with Crippen LogP contribution in [0.15, 0.2) is 54.6 Å². The minimum Gasteiger partial charge on any atom is -0.341 e. The summed E-state index contributed by atoms with van der Waals surface area (Å²) in [6.45, 7) is 0.836. The molecule has 1 aromatic heterocycles. The molecule has 0 saturated heterocycles. The van der Waals surface area contributed by atoms with E-state index in [1.54, 1.807) is 0 Å². The smallest absolute Gasteiger partial charge is 0.121 e. The summed E-state index contributed by atoms with van der Waals surface area (Å²) >= 11 is 0. The highest BCUT2D eigenvalue weighted by Gasteiger charge is 2.21. The quantitative estimate of drug-likeness (QED) is 0.729. The van der Waals surface area contributed by atoms with Gasteiger partial charge in [-0.1, -0.05) is 42.5 Å². The fourth-order valence-corrected chi connectivity index (χ4v) is 3.85. The van der Waals surface area contributed by atoms with Crippen LogP contribution in [-0.2, 0) is 13.0 Å². The third kappa shape index (κ3) is 3.68. The molecule has 1 heterocycles. The third-order valence-electron chi connectivity index (χ3n) is 5.21. The summed E-state index contributed by atoms with van der Waals surface area (Å²) < 4.78 is 0. The molecular weight excluding hydrogens is 294 g/mol. The third-order valence-corrected chi connectivity index (χ3v) is 5.21. The van der Waals surface area contributed by atoms with Crippen molar-refractivity contribution in [1.29, 1.82) is 0 Å². The van der Waals surface area contributed by atoms with Gasteiger partial charge in [-0.15, -0.1) is 0 Å². The van der Waals surface area contributed by atoms with Crippen molar-refractivity contribution in [2.24, 2.45) is 5.92 Å². The van der Waals surface area contributed by atoms with Gasteiger partial charge in [0.1, 0.15) is 5.82 Å². The molecule has 3 aromatic rings. The van der Waals surface area contributed by atoms with Crippen molar-refractivity contribution in [2.75, 3.05) is 0 Å². The number of nitrogens with one attached hydrogen (secondary N) is 2. The first-order valence-corrected chi connectivity index (χ1v) is 9.08. The van der Waals surface area contributed by atoms with Gasteiger partial charge in [0, 0.05) is 6.04 Å². The van der Waals surface area contributed by atoms with Crippen LogP contribution in [0.25, 0.3) is 11.0 Å². The van der Waals surface area contributed by atoms with Gasteiger partial charge in [-0.05, 0) is 55.7 Å². The lowest BCUT2D eigenvalue weighted by Gasteiger charge is -2.29. The highest BCUT2D eigenvalue weighted by molar-refractivity contribution is 5.74. The van der Waals surface area contributed by atoms with Gasteiger partial charge in [-0.25, -0.2) is 4.98 Å². The molecule has 2 N–H and O–H groups in total. The Kier molecular flexibility index (Phi) is 4.61. The van der Waals surface area contributed by atoms with Gasteiger partial charge in [0.2, 0.25) is 0 Å². The summed E-state index contributed by atoms with van der Waals surface area (Å²) in [4.78, 5) is 8.05. The number of hydrogen-bond acceptors (Lipinski definition) is 2. The number of hydrogen-bond donors (Lipinski definition) is 2. The molecule has 3 heteroatoms. The number of benzene rings is 2. The van der Waals surface area contributed by atoms with E-state index in [2.05, 4.69) is 57.7 Å². The average Bonchev–Trinajstić information content (AvgIpc) is 3.05. The van der Waals surface area contributed by atoms with Crippen LogP contribution in [-0.4, -0.2) is 16.0 Å². The molecule has 1 aliphatic carbocycles. The molecule has 3 nitrogen and oxygen atoms in total. The highest BCUT2D eigenvalue weighted by atomic mass is 15.0. The van der Waals surface area contributed by atoms with Gasteiger partial charge in [0.25, 0.3) is 0 Å². The Morgan fingerprint density at radius 1 is 0.917 bits per heavy atom. The van der Waals surface area contributed by atoms with Crippen LogP contribution in [0.5, 0.6) is 0 Å². The predicted molar refractivity (Wildman–Crippen MR) is 98.8 cm³/mol. The van der Waals surface area contributed by atoms with Crippen LogP contribution in [0, 0.1) is 5.92 Å². The van der Waals surface area contributed by atoms with E-state index in [0.717, 1.165) is 29.3 Å². The molecule has 24 heavy (non-hydrogen) atoms. The lowest BCUT2D eigenvalue weighted by Crippen LogP contribution is -2.33. The van der Waals surface area contributed by atoms with Crippen molar-refractivity contribution in [1.82, 2.24) is 15.3 Å². The number of rotatable bonds is 5. The Hall–Kier alpha value is -2.13. The number of aromatic nitrogens is 2. The topological polar surface area (TPSA) is 40.7 Å². The summed E-state index contributed by atoms with van der Waals surface area (Å²) in [5.74, 6) is 1.89. The van der Waals surface area contributed by atoms with Crippen LogP contribution < -0.4 is 5.32 Å². The summed E-state index contributed by atoms with van der Waals surface area (Å²) in [6.07, 6.45) is 6.44. The fourth-order valence-electron chi connectivity index (χ4n) is 3.85. The zero-order chi connectivity index (χ0) is 16.2. The number of para-hydroxylation sites is 2. The second-order valence-corrected chi connectivity index (χ2v) is 6.99. The summed E-state index contributed by atoms with van der Waals surface area (Å²) in [6, 6.07) is 19.8. The lowest BCUT2D eigenvalue weighted by atomic mass is 9.82. The highest BCUT2D eigenvalue weighted by Crippen LogP contribution is 2.27. The molecule has 1 fully saturated rings. The Bertz CT molecular complexity index is 737. The molecule has 4 rings (SSSR count). The fraction of sp³-hybridized carbons (Fsp3) is 0.381. The van der Waals surface area contributed by atoms with Crippen LogP contribution in [0.3, 0.4) is 0 Å². The second kappa shape index (κ2) is 7.18. The largest absolute Gasteiger partial charge is 0.341 e. The van der Waals surface area contributed by atoms with E-state index in [0.29, 0.717) is 6.04 Å². The van der Waals surface area contributed by atoms with Crippen molar-refractivity contribution in [2.45, 2.75) is 44.7 Å². The summed E-state index contributed by atoms with van der Waals surface area (Å²) in [5.41, 5.74) is 3.66. The molecule has 0 amide bonds. The van der Waals surface area contributed by atoms with Gasteiger partial charge in [-0.2, -0.15) is 0 Å². The zero-order valence-electron chi connectivity index (χ0n) is 14.0. The first-order valence-electron chi connectivity index (χ1n) is 9.08. The molecule has 0 spiro atoms. The summed E-state index contributed by atoms with van der Waals surface area (Å²) in [7, 11) is 0. The van der Waals surface area contributed by atoms with Crippen molar-refractivity contribution >= 4 is 11.0 Å². The molecule has 0 radical (unpaired) electrons. The molecule has 0 aliphatic heterocycles. The molecule has 2 aromatic carbocycles. The standard InChI is InChI=1S/C21H25N3/c1-2-6-16(7-3-1)14-17-10-12-18(13-11-17)22-15-21-23-19-8-4-5-9-20(19)24-21/h1-9,17-18,22H,10-15H2,(H,23,24)/t17-,18-. The maximum Gasteiger partial charge on any atom is 0.121 e. The average molecular weight is 319 g/mol. The van der Waals surface area contributed by atoms with Crippen molar-refractivity contribution in [3.8, 4) is 0 Å². The Morgan fingerprint density at radius 2 is 1.67 bits per heavy atom. The number of fused-ring (bicyclic) bond motifs is 1. The van der Waals surface area contributed by atoms with E-state index in [9.17, 15) is 0 Å². The van der Waals surface area contributed by atoms with Crippen molar-refractivity contribution in [3.05, 3.63) is 66.0 Å². The number of nitrogens with zero attached hydrogens (tertiary/aromatic N) is 1. The van der Waals surface area contributed by atoms with Gasteiger partial charge in [0.05, 0.1) is 17.6 Å². The van der Waals surface area contributed by atoms with Crippen molar-refractivity contribution < 1.29 is 0 Å². The Balaban J connectivity index is 1.26. The van der Waals surface area contributed by atoms with Gasteiger partial charge < -0.3 is 10.3 Å². The van der Waals surface area contributed by atoms with Gasteiger partial charge in [0.15, 0.2) is 0 Å². The van der Waals surface area contributed by atoms with E-state index < -0.39 is 0 Å². The molecule has 1 saturated carbocycles. The molecule has 124 valence electrons. The number of aromatic amines is 1. The van der Waals surface area contributed by atoms with E-state index in [4.69, 9.17) is 0 Å². The van der Waals surface area contributed by atoms with E-state index >= 15 is 0 Å². The Labute approximate surface area is 143 Å². The van der Waals surface area contributed by atoms with E-state index in [1.807, 2.05) is 12.1 Å². The molecule has 1 aliphatic rings. The van der Waals surface area contributed by atoms with Gasteiger partial charge in [-0.3, -0.25) is 0 Å². The molecule has 0 atom stereocenters. The molecular formula is C21H25N3. The monoisotopic (exact) mass is 319 g/mol. The maximum atomic E-state index is 4.65. The minimum atomic E-state index is 0.630. The van der Waals surface area contributed by atoms with E-state index in [-0.39, 0.29) is 0 Å². The molecule has 0 bridgehead atoms. The predicted octanol–water partition coefficient (Wildman–Crippen LogP) is 4.45. The number of imidazole rings is 1. The molecule has 0 unspecified atom stereocenters. The Morgan fingerprint density at radius 3 is 2.46 bits per heavy atom.